The van der Waals surface area contributed by atoms with Gasteiger partial charge in [0, 0.05) is 23.7 Å². The number of rotatable bonds is 4. The van der Waals surface area contributed by atoms with Crippen LogP contribution in [0.15, 0.2) is 54.7 Å². The minimum Gasteiger partial charge on any atom is -0.386 e. The Balaban J connectivity index is 1.90. The summed E-state index contributed by atoms with van der Waals surface area (Å²) in [6.07, 6.45) is 0.467. The highest BCUT2D eigenvalue weighted by Gasteiger charge is 2.14. The molecule has 1 unspecified atom stereocenters. The number of hydrogen-bond acceptors (Lipinski definition) is 4. The number of aliphatic hydroxyl groups excluding tert-OH is 1. The van der Waals surface area contributed by atoms with Crippen LogP contribution in [0.1, 0.15) is 17.2 Å². The Morgan fingerprint density at radius 1 is 1.17 bits per heavy atom. The van der Waals surface area contributed by atoms with Crippen LogP contribution < -0.4 is 5.32 Å². The Labute approximate surface area is 132 Å². The maximum Gasteiger partial charge on any atom is 0.129 e. The third-order valence-electron chi connectivity index (χ3n) is 3.63. The number of pyridine rings is 1. The highest BCUT2D eigenvalue weighted by molar-refractivity contribution is 5.93. The molecule has 3 aromatic rings. The number of anilines is 1. The fraction of sp³-hybridized carbons (Fsp3) is 0.111. The summed E-state index contributed by atoms with van der Waals surface area (Å²) in [6.45, 7) is 0.0869. The van der Waals surface area contributed by atoms with Gasteiger partial charge in [0.05, 0.1) is 22.9 Å². The number of halogens is 1. The van der Waals surface area contributed by atoms with Crippen LogP contribution in [0.4, 0.5) is 10.1 Å². The van der Waals surface area contributed by atoms with Crippen LogP contribution in [-0.4, -0.2) is 16.6 Å². The fourth-order valence-electron chi connectivity index (χ4n) is 2.47. The van der Waals surface area contributed by atoms with Crippen LogP contribution in [0.3, 0.4) is 0 Å². The van der Waals surface area contributed by atoms with Crippen LogP contribution in [0, 0.1) is 17.1 Å². The summed E-state index contributed by atoms with van der Waals surface area (Å²) < 4.78 is 13.7. The molecule has 5 heteroatoms. The van der Waals surface area contributed by atoms with E-state index in [0.717, 1.165) is 10.9 Å². The predicted molar refractivity (Wildman–Crippen MR) is 86.3 cm³/mol. The summed E-state index contributed by atoms with van der Waals surface area (Å²) in [5.74, 6) is -0.457. The topological polar surface area (TPSA) is 68.9 Å². The van der Waals surface area contributed by atoms with E-state index in [9.17, 15) is 14.8 Å². The molecular formula is C18H14FN3O. The van der Waals surface area contributed by atoms with Crippen molar-refractivity contribution in [1.29, 1.82) is 5.26 Å². The monoisotopic (exact) mass is 307 g/mol. The van der Waals surface area contributed by atoms with E-state index in [4.69, 9.17) is 0 Å². The van der Waals surface area contributed by atoms with Crippen molar-refractivity contribution in [3.8, 4) is 6.07 Å². The molecule has 23 heavy (non-hydrogen) atoms. The van der Waals surface area contributed by atoms with Gasteiger partial charge in [-0.25, -0.2) is 4.39 Å². The second kappa shape index (κ2) is 6.42. The van der Waals surface area contributed by atoms with Gasteiger partial charge in [0.15, 0.2) is 0 Å². The van der Waals surface area contributed by atoms with E-state index >= 15 is 0 Å². The van der Waals surface area contributed by atoms with Gasteiger partial charge in [-0.2, -0.15) is 5.26 Å². The van der Waals surface area contributed by atoms with E-state index < -0.39 is 11.9 Å². The summed E-state index contributed by atoms with van der Waals surface area (Å²) >= 11 is 0. The van der Waals surface area contributed by atoms with E-state index in [-0.39, 0.29) is 12.1 Å². The van der Waals surface area contributed by atoms with Gasteiger partial charge in [-0.15, -0.1) is 0 Å². The lowest BCUT2D eigenvalue weighted by molar-refractivity contribution is 0.186. The molecule has 2 N–H and O–H groups in total. The molecule has 3 rings (SSSR count). The largest absolute Gasteiger partial charge is 0.386 e. The lowest BCUT2D eigenvalue weighted by atomic mass is 10.1. The Kier molecular flexibility index (Phi) is 4.18. The molecular weight excluding hydrogens is 293 g/mol. The van der Waals surface area contributed by atoms with Gasteiger partial charge in [-0.05, 0) is 12.1 Å². The summed E-state index contributed by atoms with van der Waals surface area (Å²) in [5, 5.41) is 23.3. The number of fused-ring (bicyclic) bond motifs is 1. The Morgan fingerprint density at radius 2 is 1.91 bits per heavy atom. The first-order valence-electron chi connectivity index (χ1n) is 7.15. The molecule has 0 aliphatic rings. The van der Waals surface area contributed by atoms with Gasteiger partial charge in [0.2, 0.25) is 0 Å². The average Bonchev–Trinajstić information content (AvgIpc) is 2.59. The van der Waals surface area contributed by atoms with Gasteiger partial charge in [0.1, 0.15) is 11.9 Å². The van der Waals surface area contributed by atoms with Crippen LogP contribution in [0.25, 0.3) is 10.9 Å². The maximum atomic E-state index is 13.7. The van der Waals surface area contributed by atoms with Gasteiger partial charge in [-0.1, -0.05) is 36.4 Å². The van der Waals surface area contributed by atoms with Crippen LogP contribution in [0.2, 0.25) is 0 Å². The van der Waals surface area contributed by atoms with Crippen molar-refractivity contribution in [3.05, 3.63) is 71.7 Å². The molecule has 0 saturated carbocycles. The average molecular weight is 307 g/mol. The molecule has 0 radical (unpaired) electrons. The molecule has 114 valence electrons. The molecule has 0 aliphatic carbocycles. The molecule has 2 aromatic carbocycles. The maximum absolute atomic E-state index is 13.7. The lowest BCUT2D eigenvalue weighted by Crippen LogP contribution is -2.14. The van der Waals surface area contributed by atoms with E-state index in [2.05, 4.69) is 16.4 Å². The van der Waals surface area contributed by atoms with Gasteiger partial charge in [0.25, 0.3) is 0 Å². The Hall–Kier alpha value is -2.97. The molecule has 0 amide bonds. The van der Waals surface area contributed by atoms with Crippen LogP contribution in [0.5, 0.6) is 0 Å². The second-order valence-corrected chi connectivity index (χ2v) is 5.09. The SMILES string of the molecule is N#Cc1cnc2ccccc2c1NCC(O)c1ccccc1F. The normalized spacial score (nSPS) is 11.9. The molecule has 4 nitrogen and oxygen atoms in total. The van der Waals surface area contributed by atoms with Crippen molar-refractivity contribution in [3.63, 3.8) is 0 Å². The molecule has 0 spiro atoms. The number of aromatic nitrogens is 1. The first-order chi connectivity index (χ1) is 11.2. The van der Waals surface area contributed by atoms with E-state index in [1.807, 2.05) is 24.3 Å². The minimum absolute atomic E-state index is 0.0869. The van der Waals surface area contributed by atoms with Crippen molar-refractivity contribution in [2.45, 2.75) is 6.10 Å². The van der Waals surface area contributed by atoms with Crippen molar-refractivity contribution in [2.24, 2.45) is 0 Å². The molecule has 1 aromatic heterocycles. The first kappa shape index (κ1) is 14.9. The summed E-state index contributed by atoms with van der Waals surface area (Å²) in [6, 6.07) is 15.6. The van der Waals surface area contributed by atoms with Crippen molar-refractivity contribution in [1.82, 2.24) is 4.98 Å². The predicted octanol–water partition coefficient (Wildman–Crippen LogP) is 3.39. The van der Waals surface area contributed by atoms with Gasteiger partial charge < -0.3 is 10.4 Å². The number of nitrogens with zero attached hydrogens (tertiary/aromatic N) is 2. The molecule has 0 saturated heterocycles. The zero-order chi connectivity index (χ0) is 16.2. The quantitative estimate of drug-likeness (QED) is 0.775. The smallest absolute Gasteiger partial charge is 0.129 e. The standard InChI is InChI=1S/C18H14FN3O/c19-15-7-3-1-5-13(15)17(23)11-22-18-12(9-20)10-21-16-8-4-2-6-14(16)18/h1-8,10,17,23H,11H2,(H,21,22). The molecule has 1 heterocycles. The van der Waals surface area contributed by atoms with Crippen molar-refractivity contribution in [2.75, 3.05) is 11.9 Å². The van der Waals surface area contributed by atoms with Gasteiger partial charge in [-0.3, -0.25) is 4.98 Å². The van der Waals surface area contributed by atoms with E-state index in [1.54, 1.807) is 12.1 Å². The number of nitriles is 1. The van der Waals surface area contributed by atoms with E-state index in [1.165, 1.54) is 18.3 Å². The zero-order valence-corrected chi connectivity index (χ0v) is 12.2. The van der Waals surface area contributed by atoms with Crippen molar-refractivity contribution >= 4 is 16.6 Å². The highest BCUT2D eigenvalue weighted by atomic mass is 19.1. The third-order valence-corrected chi connectivity index (χ3v) is 3.63. The number of para-hydroxylation sites is 1. The minimum atomic E-state index is -1.02. The number of aliphatic hydroxyl groups is 1. The second-order valence-electron chi connectivity index (χ2n) is 5.09. The molecule has 0 aliphatic heterocycles. The number of hydrogen-bond donors (Lipinski definition) is 2. The van der Waals surface area contributed by atoms with Crippen molar-refractivity contribution < 1.29 is 9.50 Å². The number of benzene rings is 2. The summed E-state index contributed by atoms with van der Waals surface area (Å²) in [4.78, 5) is 4.23. The zero-order valence-electron chi connectivity index (χ0n) is 12.2. The summed E-state index contributed by atoms with van der Waals surface area (Å²) in [7, 11) is 0. The highest BCUT2D eigenvalue weighted by Crippen LogP contribution is 2.26. The molecule has 1 atom stereocenters. The Morgan fingerprint density at radius 3 is 2.70 bits per heavy atom. The fourth-order valence-corrected chi connectivity index (χ4v) is 2.47. The summed E-state index contributed by atoms with van der Waals surface area (Å²) in [5.41, 5.74) is 1.93. The van der Waals surface area contributed by atoms with Gasteiger partial charge >= 0.3 is 0 Å². The third kappa shape index (κ3) is 2.98. The molecule has 0 fully saturated rings. The number of nitrogens with one attached hydrogen (secondary N) is 1. The van der Waals surface area contributed by atoms with E-state index in [0.29, 0.717) is 11.3 Å². The van der Waals surface area contributed by atoms with Crippen LogP contribution in [-0.2, 0) is 0 Å². The first-order valence-corrected chi connectivity index (χ1v) is 7.15. The van der Waals surface area contributed by atoms with Crippen LogP contribution >= 0.6 is 0 Å². The molecule has 0 bridgehead atoms. The Bertz CT molecular complexity index is 889. The lowest BCUT2D eigenvalue weighted by Gasteiger charge is -2.16.